The zero-order chi connectivity index (χ0) is 24.2. The summed E-state index contributed by atoms with van der Waals surface area (Å²) >= 11 is 0. The number of rotatable bonds is 7. The zero-order valence-electron chi connectivity index (χ0n) is 19.3. The average molecular weight is 453 g/mol. The van der Waals surface area contributed by atoms with Crippen LogP contribution < -0.4 is 0 Å². The number of hydrogen-bond donors (Lipinski definition) is 0. The van der Waals surface area contributed by atoms with Gasteiger partial charge in [-0.15, -0.1) is 0 Å². The van der Waals surface area contributed by atoms with Gasteiger partial charge < -0.3 is 4.42 Å². The van der Waals surface area contributed by atoms with Crippen LogP contribution in [0, 0.1) is 0 Å². The lowest BCUT2D eigenvalue weighted by molar-refractivity contribution is 0.668. The van der Waals surface area contributed by atoms with E-state index < -0.39 is 0 Å². The van der Waals surface area contributed by atoms with Gasteiger partial charge >= 0.3 is 0 Å². The molecule has 0 saturated heterocycles. The third-order valence-electron chi connectivity index (χ3n) is 5.84. The minimum atomic E-state index is 0.358. The smallest absolute Gasteiger partial charge is 0.146 e. The van der Waals surface area contributed by atoms with Crippen LogP contribution >= 0.6 is 0 Å². The maximum Gasteiger partial charge on any atom is 0.146 e. The lowest BCUT2D eigenvalue weighted by Crippen LogP contribution is -2.00. The summed E-state index contributed by atoms with van der Waals surface area (Å²) in [7, 11) is 0. The molecule has 3 heteroatoms. The van der Waals surface area contributed by atoms with E-state index in [1.165, 1.54) is 0 Å². The summed E-state index contributed by atoms with van der Waals surface area (Å²) in [5.41, 5.74) is 6.99. The van der Waals surface area contributed by atoms with Crippen LogP contribution in [0.15, 0.2) is 149 Å². The van der Waals surface area contributed by atoms with Crippen LogP contribution in [0.1, 0.15) is 11.1 Å². The van der Waals surface area contributed by atoms with Gasteiger partial charge in [0.1, 0.15) is 17.0 Å². The van der Waals surface area contributed by atoms with Crippen molar-refractivity contribution in [2.75, 3.05) is 0 Å². The van der Waals surface area contributed by atoms with E-state index in [1.807, 2.05) is 72.8 Å². The van der Waals surface area contributed by atoms with Crippen molar-refractivity contribution in [3.8, 4) is 11.1 Å². The van der Waals surface area contributed by atoms with Gasteiger partial charge in [-0.2, -0.15) is 0 Å². The summed E-state index contributed by atoms with van der Waals surface area (Å²) in [5.74, 6) is 0.358. The van der Waals surface area contributed by atoms with E-state index in [-0.39, 0.29) is 0 Å². The molecule has 0 saturated carbocycles. The van der Waals surface area contributed by atoms with Gasteiger partial charge in [0.2, 0.25) is 0 Å². The second-order valence-electron chi connectivity index (χ2n) is 8.01. The summed E-state index contributed by atoms with van der Waals surface area (Å²) in [4.78, 5) is 9.28. The van der Waals surface area contributed by atoms with Gasteiger partial charge in [0.05, 0.1) is 11.4 Å². The highest BCUT2D eigenvalue weighted by molar-refractivity contribution is 6.21. The molecule has 168 valence electrons. The Morgan fingerprint density at radius 3 is 2.06 bits per heavy atom. The van der Waals surface area contributed by atoms with Gasteiger partial charge in [0.15, 0.2) is 0 Å². The first kappa shape index (κ1) is 22.1. The van der Waals surface area contributed by atoms with Gasteiger partial charge in [-0.3, -0.25) is 0 Å². The molecule has 0 atom stereocenters. The molecule has 5 rings (SSSR count). The van der Waals surface area contributed by atoms with Crippen molar-refractivity contribution in [3.05, 3.63) is 146 Å². The Balaban J connectivity index is 1.63. The van der Waals surface area contributed by atoms with Crippen molar-refractivity contribution >= 4 is 33.4 Å². The molecule has 0 radical (unpaired) electrons. The normalized spacial score (nSPS) is 12.1. The third kappa shape index (κ3) is 4.28. The SMILES string of the molecule is C=C/C(=N/C(=C)/N=C(/C=C)c1cccc2c1oc1cccc(-c3ccccc3)c12)c1ccccc1. The fourth-order valence-corrected chi connectivity index (χ4v) is 4.26. The maximum atomic E-state index is 6.37. The fraction of sp³-hybridized carbons (Fsp3) is 0. The lowest BCUT2D eigenvalue weighted by atomic mass is 9.98. The van der Waals surface area contributed by atoms with E-state index in [1.54, 1.807) is 12.2 Å². The van der Waals surface area contributed by atoms with E-state index in [0.29, 0.717) is 17.2 Å². The second-order valence-corrected chi connectivity index (χ2v) is 8.01. The molecule has 3 nitrogen and oxygen atoms in total. The highest BCUT2D eigenvalue weighted by Crippen LogP contribution is 2.38. The predicted molar refractivity (Wildman–Crippen MR) is 148 cm³/mol. The molecule has 0 N–H and O–H groups in total. The van der Waals surface area contributed by atoms with Crippen molar-refractivity contribution in [1.82, 2.24) is 0 Å². The molecule has 1 aromatic heterocycles. The van der Waals surface area contributed by atoms with Crippen LogP contribution in [0.2, 0.25) is 0 Å². The third-order valence-corrected chi connectivity index (χ3v) is 5.84. The molecule has 5 aromatic rings. The van der Waals surface area contributed by atoms with Crippen molar-refractivity contribution in [2.45, 2.75) is 0 Å². The molecule has 0 fully saturated rings. The van der Waals surface area contributed by atoms with Gasteiger partial charge in [-0.25, -0.2) is 9.98 Å². The molecular formula is C32H24N2O. The molecule has 0 amide bonds. The molecular weight excluding hydrogens is 428 g/mol. The summed E-state index contributed by atoms with van der Waals surface area (Å²) in [6, 6.07) is 32.4. The second kappa shape index (κ2) is 9.62. The Kier molecular flexibility index (Phi) is 6.06. The number of fused-ring (bicyclic) bond motifs is 3. The van der Waals surface area contributed by atoms with E-state index in [0.717, 1.165) is 44.2 Å². The first-order valence-electron chi connectivity index (χ1n) is 11.4. The summed E-state index contributed by atoms with van der Waals surface area (Å²) in [6.45, 7) is 11.9. The fourth-order valence-electron chi connectivity index (χ4n) is 4.26. The zero-order valence-corrected chi connectivity index (χ0v) is 19.3. The predicted octanol–water partition coefficient (Wildman–Crippen LogP) is 8.37. The maximum absolute atomic E-state index is 6.37. The Labute approximate surface area is 204 Å². The van der Waals surface area contributed by atoms with Crippen LogP contribution in [0.3, 0.4) is 0 Å². The van der Waals surface area contributed by atoms with Gasteiger partial charge in [-0.05, 0) is 35.4 Å². The topological polar surface area (TPSA) is 37.9 Å². The monoisotopic (exact) mass is 452 g/mol. The molecule has 4 aromatic carbocycles. The molecule has 0 unspecified atom stereocenters. The first-order valence-corrected chi connectivity index (χ1v) is 11.4. The highest BCUT2D eigenvalue weighted by Gasteiger charge is 2.16. The average Bonchev–Trinajstić information content (AvgIpc) is 3.30. The van der Waals surface area contributed by atoms with Crippen molar-refractivity contribution in [3.63, 3.8) is 0 Å². The van der Waals surface area contributed by atoms with E-state index >= 15 is 0 Å². The number of hydrogen-bond acceptors (Lipinski definition) is 3. The summed E-state index contributed by atoms with van der Waals surface area (Å²) in [5, 5.41) is 2.10. The molecule has 0 aliphatic rings. The van der Waals surface area contributed by atoms with Crippen LogP contribution in [-0.2, 0) is 0 Å². The van der Waals surface area contributed by atoms with Crippen molar-refractivity contribution < 1.29 is 4.42 Å². The Hall–Kier alpha value is -4.76. The van der Waals surface area contributed by atoms with E-state index in [9.17, 15) is 0 Å². The number of aliphatic imine (C=N–C) groups is 2. The Morgan fingerprint density at radius 1 is 0.686 bits per heavy atom. The molecule has 0 aliphatic heterocycles. The van der Waals surface area contributed by atoms with E-state index in [4.69, 9.17) is 4.42 Å². The molecule has 0 bridgehead atoms. The Morgan fingerprint density at radius 2 is 1.34 bits per heavy atom. The van der Waals surface area contributed by atoms with Crippen LogP contribution in [0.4, 0.5) is 0 Å². The van der Waals surface area contributed by atoms with Crippen molar-refractivity contribution in [1.29, 1.82) is 0 Å². The number of furan rings is 1. The number of para-hydroxylation sites is 1. The van der Waals surface area contributed by atoms with Gasteiger partial charge in [0.25, 0.3) is 0 Å². The minimum absolute atomic E-state index is 0.358. The van der Waals surface area contributed by atoms with Gasteiger partial charge in [-0.1, -0.05) is 105 Å². The quantitative estimate of drug-likeness (QED) is 0.229. The number of benzene rings is 4. The lowest BCUT2D eigenvalue weighted by Gasteiger charge is -2.05. The van der Waals surface area contributed by atoms with Crippen LogP contribution in [-0.4, -0.2) is 11.4 Å². The van der Waals surface area contributed by atoms with Gasteiger partial charge in [0, 0.05) is 21.9 Å². The highest BCUT2D eigenvalue weighted by atomic mass is 16.3. The van der Waals surface area contributed by atoms with Crippen LogP contribution in [0.5, 0.6) is 0 Å². The summed E-state index contributed by atoms with van der Waals surface area (Å²) < 4.78 is 6.37. The van der Waals surface area contributed by atoms with E-state index in [2.05, 4.69) is 54.0 Å². The van der Waals surface area contributed by atoms with Crippen molar-refractivity contribution in [2.24, 2.45) is 9.98 Å². The first-order chi connectivity index (χ1) is 17.2. The standard InChI is InChI=1S/C32H24N2O/c1-4-28(24-16-10-7-11-17-24)33-22(3)34-29(5-2)26-19-12-20-27-31-25(23-14-8-6-9-15-23)18-13-21-30(31)35-32(26)27/h4-21H,1-3H2/b33-28-,34-29-. The number of nitrogens with zero attached hydrogens (tertiary/aromatic N) is 2. The molecule has 35 heavy (non-hydrogen) atoms. The molecule has 0 aliphatic carbocycles. The molecule has 0 spiro atoms. The Bertz CT molecular complexity index is 1620. The number of allylic oxidation sites excluding steroid dienone is 2. The molecule has 1 heterocycles. The minimum Gasteiger partial charge on any atom is -0.455 e. The van der Waals surface area contributed by atoms with Crippen LogP contribution in [0.25, 0.3) is 33.1 Å². The largest absolute Gasteiger partial charge is 0.455 e. The summed E-state index contributed by atoms with van der Waals surface area (Å²) in [6.07, 6.45) is 3.41.